The van der Waals surface area contributed by atoms with E-state index >= 15 is 0 Å². The van der Waals surface area contributed by atoms with E-state index in [0.717, 1.165) is 30.5 Å². The maximum atomic E-state index is 13.3. The predicted molar refractivity (Wildman–Crippen MR) is 82.0 cm³/mol. The van der Waals surface area contributed by atoms with E-state index in [4.69, 9.17) is 0 Å². The van der Waals surface area contributed by atoms with E-state index in [-0.39, 0.29) is 14.9 Å². The Morgan fingerprint density at radius 3 is 2.29 bits per heavy atom. The summed E-state index contributed by atoms with van der Waals surface area (Å²) in [5.74, 6) is -1.15. The Morgan fingerprint density at radius 2 is 1.71 bits per heavy atom. The Labute approximate surface area is 143 Å². The molecule has 0 radical (unpaired) electrons. The van der Waals surface area contributed by atoms with Crippen molar-refractivity contribution in [3.63, 3.8) is 0 Å². The fourth-order valence-corrected chi connectivity index (χ4v) is 2.84. The zero-order valence-corrected chi connectivity index (χ0v) is 14.0. The topological polar surface area (TPSA) is 55.7 Å². The van der Waals surface area contributed by atoms with Gasteiger partial charge in [0, 0.05) is 11.8 Å². The molecule has 0 aromatic heterocycles. The Hall–Kier alpha value is -1.94. The van der Waals surface area contributed by atoms with E-state index in [1.54, 1.807) is 0 Å². The lowest BCUT2D eigenvalue weighted by molar-refractivity contribution is -0.274. The molecule has 0 atom stereocenters. The second-order valence-corrected chi connectivity index (χ2v) is 6.80. The quantitative estimate of drug-likeness (QED) is 0.542. The normalized spacial score (nSPS) is 12.5. The molecule has 0 saturated carbocycles. The van der Waals surface area contributed by atoms with Crippen molar-refractivity contribution in [2.45, 2.75) is 11.3 Å². The van der Waals surface area contributed by atoms with Gasteiger partial charge in [-0.25, -0.2) is 4.39 Å². The monoisotopic (exact) mass is 425 g/mol. The smallest absolute Gasteiger partial charge is 0.406 e. The minimum Gasteiger partial charge on any atom is -0.406 e. The van der Waals surface area contributed by atoms with E-state index in [0.29, 0.717) is 0 Å². The molecular formula is C14H8BrF4NO3S. The van der Waals surface area contributed by atoms with Crippen molar-refractivity contribution in [2.75, 3.05) is 0 Å². The minimum atomic E-state index is -4.87. The number of ether oxygens (including phenoxy) is 1. The first-order chi connectivity index (χ1) is 11.1. The molecule has 10 heteroatoms. The van der Waals surface area contributed by atoms with E-state index in [1.807, 2.05) is 0 Å². The van der Waals surface area contributed by atoms with Crippen LogP contribution in [0.4, 0.5) is 17.6 Å². The zero-order chi connectivity index (χ0) is 18.0. The van der Waals surface area contributed by atoms with Crippen molar-refractivity contribution in [1.82, 2.24) is 0 Å². The molecule has 4 nitrogen and oxygen atoms in total. The summed E-state index contributed by atoms with van der Waals surface area (Å²) in [6, 6.07) is 7.55. The number of hydrogen-bond acceptors (Lipinski definition) is 3. The molecular weight excluding hydrogens is 418 g/mol. The molecule has 2 rings (SSSR count). The molecule has 0 amide bonds. The number of benzene rings is 2. The van der Waals surface area contributed by atoms with Gasteiger partial charge in [-0.2, -0.15) is 12.8 Å². The fourth-order valence-electron chi connectivity index (χ4n) is 1.62. The number of alkyl halides is 3. The summed E-state index contributed by atoms with van der Waals surface area (Å²) < 4.78 is 80.6. The summed E-state index contributed by atoms with van der Waals surface area (Å²) in [6.07, 6.45) is -3.94. The second kappa shape index (κ2) is 6.89. The van der Waals surface area contributed by atoms with Crippen LogP contribution in [0.25, 0.3) is 0 Å². The zero-order valence-electron chi connectivity index (χ0n) is 11.6. The Bertz CT molecular complexity index is 865. The maximum Gasteiger partial charge on any atom is 0.573 e. The van der Waals surface area contributed by atoms with Crippen LogP contribution in [-0.4, -0.2) is 21.0 Å². The van der Waals surface area contributed by atoms with Crippen molar-refractivity contribution in [3.05, 3.63) is 58.3 Å². The van der Waals surface area contributed by atoms with Crippen LogP contribution < -0.4 is 4.74 Å². The van der Waals surface area contributed by atoms with Gasteiger partial charge in [-0.1, -0.05) is 12.1 Å². The highest BCUT2D eigenvalue weighted by Crippen LogP contribution is 2.25. The lowest BCUT2D eigenvalue weighted by Crippen LogP contribution is -2.17. The van der Waals surface area contributed by atoms with Crippen molar-refractivity contribution in [2.24, 2.45) is 4.40 Å². The summed E-state index contributed by atoms with van der Waals surface area (Å²) in [7, 11) is -4.16. The molecule has 2 aromatic carbocycles. The largest absolute Gasteiger partial charge is 0.573 e. The molecule has 0 aliphatic heterocycles. The number of hydrogen-bond donors (Lipinski definition) is 0. The van der Waals surface area contributed by atoms with Gasteiger partial charge in [0.2, 0.25) is 0 Å². The van der Waals surface area contributed by atoms with Crippen LogP contribution in [0.2, 0.25) is 0 Å². The molecule has 0 heterocycles. The van der Waals surface area contributed by atoms with E-state index < -0.39 is 28.0 Å². The standard InChI is InChI=1S/C14H8BrF4NO3S/c15-13-9(2-1-3-12(13)16)8-20-24(21,22)11-6-4-10(5-7-11)23-14(17,18)19/h1-8H/b20-8+. The Balaban J connectivity index is 2.24. The van der Waals surface area contributed by atoms with Gasteiger partial charge in [-0.15, -0.1) is 13.2 Å². The SMILES string of the molecule is O=S(=O)(/N=C/c1cccc(F)c1Br)c1ccc(OC(F)(F)F)cc1. The number of sulfonamides is 1. The average Bonchev–Trinajstić information content (AvgIpc) is 2.48. The summed E-state index contributed by atoms with van der Waals surface area (Å²) in [6.45, 7) is 0. The molecule has 128 valence electrons. The fraction of sp³-hybridized carbons (Fsp3) is 0.0714. The first kappa shape index (κ1) is 18.4. The highest BCUT2D eigenvalue weighted by Gasteiger charge is 2.31. The first-order valence-electron chi connectivity index (χ1n) is 6.19. The average molecular weight is 426 g/mol. The van der Waals surface area contributed by atoms with Gasteiger partial charge in [0.1, 0.15) is 11.6 Å². The van der Waals surface area contributed by atoms with Crippen molar-refractivity contribution in [3.8, 4) is 5.75 Å². The molecule has 2 aromatic rings. The highest BCUT2D eigenvalue weighted by atomic mass is 79.9. The van der Waals surface area contributed by atoms with Crippen molar-refractivity contribution < 1.29 is 30.7 Å². The summed E-state index contributed by atoms with van der Waals surface area (Å²) in [5, 5.41) is 0. The molecule has 0 spiro atoms. The van der Waals surface area contributed by atoms with Crippen molar-refractivity contribution in [1.29, 1.82) is 0 Å². The third-order valence-corrected chi connectivity index (χ3v) is 4.75. The summed E-state index contributed by atoms with van der Waals surface area (Å²) in [5.41, 5.74) is 0.190. The van der Waals surface area contributed by atoms with E-state index in [2.05, 4.69) is 25.1 Å². The molecule has 0 N–H and O–H groups in total. The number of nitrogens with zero attached hydrogens (tertiary/aromatic N) is 1. The van der Waals surface area contributed by atoms with Crippen LogP contribution >= 0.6 is 15.9 Å². The van der Waals surface area contributed by atoms with Gasteiger partial charge in [0.05, 0.1) is 9.37 Å². The molecule has 0 aliphatic carbocycles. The van der Waals surface area contributed by atoms with Gasteiger partial charge in [-0.05, 0) is 46.3 Å². The second-order valence-electron chi connectivity index (χ2n) is 4.37. The molecule has 0 saturated heterocycles. The van der Waals surface area contributed by atoms with Crippen LogP contribution in [0.3, 0.4) is 0 Å². The lowest BCUT2D eigenvalue weighted by atomic mass is 10.2. The van der Waals surface area contributed by atoms with Gasteiger partial charge >= 0.3 is 6.36 Å². The molecule has 0 aliphatic rings. The van der Waals surface area contributed by atoms with Crippen LogP contribution in [0.15, 0.2) is 56.2 Å². The third-order valence-electron chi connectivity index (χ3n) is 2.67. The summed E-state index contributed by atoms with van der Waals surface area (Å²) in [4.78, 5) is -0.333. The van der Waals surface area contributed by atoms with Gasteiger partial charge < -0.3 is 4.74 Å². The van der Waals surface area contributed by atoms with Crippen LogP contribution in [0.1, 0.15) is 5.56 Å². The van der Waals surface area contributed by atoms with E-state index in [1.165, 1.54) is 18.2 Å². The van der Waals surface area contributed by atoms with Gasteiger partial charge in [0.25, 0.3) is 10.0 Å². The third kappa shape index (κ3) is 4.78. The highest BCUT2D eigenvalue weighted by molar-refractivity contribution is 9.10. The van der Waals surface area contributed by atoms with Crippen LogP contribution in [-0.2, 0) is 10.0 Å². The first-order valence-corrected chi connectivity index (χ1v) is 8.42. The number of rotatable bonds is 4. The summed E-state index contributed by atoms with van der Waals surface area (Å²) >= 11 is 2.96. The van der Waals surface area contributed by atoms with Crippen LogP contribution in [0.5, 0.6) is 5.75 Å². The van der Waals surface area contributed by atoms with Gasteiger partial charge in [0.15, 0.2) is 0 Å². The maximum absolute atomic E-state index is 13.3. The molecule has 0 fully saturated rings. The predicted octanol–water partition coefficient (Wildman–Crippen LogP) is 4.29. The lowest BCUT2D eigenvalue weighted by Gasteiger charge is -2.08. The minimum absolute atomic E-state index is 0.0397. The molecule has 0 bridgehead atoms. The Kier molecular flexibility index (Phi) is 5.29. The number of halogens is 5. The van der Waals surface area contributed by atoms with E-state index in [9.17, 15) is 26.0 Å². The van der Waals surface area contributed by atoms with Crippen LogP contribution in [0, 0.1) is 5.82 Å². The molecule has 24 heavy (non-hydrogen) atoms. The van der Waals surface area contributed by atoms with Gasteiger partial charge in [-0.3, -0.25) is 0 Å². The molecule has 0 unspecified atom stereocenters. The Morgan fingerprint density at radius 1 is 1.08 bits per heavy atom. The van der Waals surface area contributed by atoms with Crippen molar-refractivity contribution >= 4 is 32.2 Å².